The molecule has 2 aliphatic rings. The van der Waals surface area contributed by atoms with Crippen molar-refractivity contribution >= 4 is 40.0 Å². The molecule has 1 unspecified atom stereocenters. The van der Waals surface area contributed by atoms with Crippen LogP contribution in [-0.4, -0.2) is 48.5 Å². The summed E-state index contributed by atoms with van der Waals surface area (Å²) in [5, 5.41) is 19.1. The lowest BCUT2D eigenvalue weighted by Crippen LogP contribution is -2.38. The summed E-state index contributed by atoms with van der Waals surface area (Å²) in [6.45, 7) is 2.05. The van der Waals surface area contributed by atoms with Gasteiger partial charge in [-0.1, -0.05) is 29.2 Å². The zero-order chi connectivity index (χ0) is 25.8. The Morgan fingerprint density at radius 1 is 1.31 bits per heavy atom. The Hall–Kier alpha value is -3.56. The van der Waals surface area contributed by atoms with Crippen LogP contribution in [-0.2, 0) is 14.3 Å². The smallest absolute Gasteiger partial charge is 0.316 e. The predicted molar refractivity (Wildman–Crippen MR) is 135 cm³/mol. The fraction of sp³-hybridized carbons (Fsp3) is 0.375. The van der Waals surface area contributed by atoms with Gasteiger partial charge in [-0.05, 0) is 25.8 Å². The normalized spacial score (nSPS) is 17.6. The minimum Gasteiger partial charge on any atom is -0.497 e. The van der Waals surface area contributed by atoms with E-state index in [1.807, 2.05) is 0 Å². The Morgan fingerprint density at radius 2 is 2.11 bits per heavy atom. The van der Waals surface area contributed by atoms with Gasteiger partial charge < -0.3 is 19.9 Å². The minimum atomic E-state index is -0.680. The van der Waals surface area contributed by atoms with E-state index in [0.717, 1.165) is 0 Å². The molecule has 1 atom stereocenters. The van der Waals surface area contributed by atoms with Gasteiger partial charge in [0.15, 0.2) is 10.1 Å². The van der Waals surface area contributed by atoms with Crippen molar-refractivity contribution in [2.75, 3.05) is 31.5 Å². The Labute approximate surface area is 216 Å². The number of ether oxygens (including phenoxy) is 3. The Bertz CT molecular complexity index is 1300. The first-order valence-corrected chi connectivity index (χ1v) is 13.0. The third-order valence-corrected chi connectivity index (χ3v) is 7.89. The van der Waals surface area contributed by atoms with Gasteiger partial charge in [0.05, 0.1) is 44.1 Å². The number of Topliss-reactive ketones (excluding diaryl/α,β-unsaturated/α-hetero) is 1. The fourth-order valence-electron chi connectivity index (χ4n) is 4.35. The maximum Gasteiger partial charge on any atom is 0.316 e. The SMILES string of the molecule is CCOC(=O)CSc1nnc(N2C(N)=C(C#N)C(c3ccc(OC)cc3OC)C3=C2CCCC3=O)s1. The fourth-order valence-corrected chi connectivity index (χ4v) is 6.03. The van der Waals surface area contributed by atoms with Crippen molar-refractivity contribution in [2.45, 2.75) is 36.4 Å². The number of ketones is 1. The molecule has 12 heteroatoms. The minimum absolute atomic E-state index is 0.0502. The molecule has 0 radical (unpaired) electrons. The van der Waals surface area contributed by atoms with E-state index in [1.165, 1.54) is 30.2 Å². The second-order valence-electron chi connectivity index (χ2n) is 7.87. The summed E-state index contributed by atoms with van der Waals surface area (Å²) in [7, 11) is 3.08. The maximum atomic E-state index is 13.3. The maximum absolute atomic E-state index is 13.3. The number of hydrogen-bond donors (Lipinski definition) is 1. The van der Waals surface area contributed by atoms with Crippen LogP contribution >= 0.6 is 23.1 Å². The van der Waals surface area contributed by atoms with Crippen LogP contribution in [0, 0.1) is 11.3 Å². The topological polar surface area (TPSA) is 141 Å². The molecule has 2 aromatic rings. The van der Waals surface area contributed by atoms with Gasteiger partial charge in [-0.3, -0.25) is 14.5 Å². The summed E-state index contributed by atoms with van der Waals surface area (Å²) in [6, 6.07) is 7.51. The zero-order valence-electron chi connectivity index (χ0n) is 20.1. The highest BCUT2D eigenvalue weighted by molar-refractivity contribution is 8.01. The Balaban J connectivity index is 1.79. The summed E-state index contributed by atoms with van der Waals surface area (Å²) >= 11 is 2.44. The molecule has 1 aromatic carbocycles. The van der Waals surface area contributed by atoms with Gasteiger partial charge in [0.2, 0.25) is 5.13 Å². The van der Waals surface area contributed by atoms with Crippen LogP contribution in [0.25, 0.3) is 0 Å². The van der Waals surface area contributed by atoms with Gasteiger partial charge in [-0.25, -0.2) is 0 Å². The molecule has 1 aliphatic carbocycles. The summed E-state index contributed by atoms with van der Waals surface area (Å²) in [5.41, 5.74) is 8.68. The Morgan fingerprint density at radius 3 is 2.81 bits per heavy atom. The number of esters is 1. The third-order valence-electron chi connectivity index (χ3n) is 5.87. The second-order valence-corrected chi connectivity index (χ2v) is 10.0. The van der Waals surface area contributed by atoms with Crippen molar-refractivity contribution in [3.8, 4) is 17.6 Å². The lowest BCUT2D eigenvalue weighted by atomic mass is 9.75. The van der Waals surface area contributed by atoms with Crippen LogP contribution < -0.4 is 20.1 Å². The molecule has 10 nitrogen and oxygen atoms in total. The number of nitrogens with zero attached hydrogens (tertiary/aromatic N) is 4. The number of carbonyl (C=O) groups is 2. The number of nitrogens with two attached hydrogens (primary N) is 1. The number of carbonyl (C=O) groups excluding carboxylic acids is 2. The van der Waals surface area contributed by atoms with Gasteiger partial charge in [0.25, 0.3) is 0 Å². The molecule has 0 fully saturated rings. The molecule has 2 heterocycles. The number of methoxy groups -OCH3 is 2. The highest BCUT2D eigenvalue weighted by atomic mass is 32.2. The zero-order valence-corrected chi connectivity index (χ0v) is 21.7. The van der Waals surface area contributed by atoms with E-state index in [2.05, 4.69) is 16.3 Å². The summed E-state index contributed by atoms with van der Waals surface area (Å²) in [4.78, 5) is 26.7. The van der Waals surface area contributed by atoms with E-state index in [1.54, 1.807) is 37.1 Å². The number of benzene rings is 1. The van der Waals surface area contributed by atoms with Gasteiger partial charge in [0, 0.05) is 29.3 Å². The molecule has 0 saturated heterocycles. The monoisotopic (exact) mass is 527 g/mol. The first-order chi connectivity index (χ1) is 17.4. The predicted octanol–water partition coefficient (Wildman–Crippen LogP) is 3.52. The largest absolute Gasteiger partial charge is 0.497 e. The summed E-state index contributed by atoms with van der Waals surface area (Å²) in [6.07, 6.45) is 1.61. The number of anilines is 1. The number of allylic oxidation sites excluding steroid dienone is 3. The van der Waals surface area contributed by atoms with Crippen LogP contribution in [0.2, 0.25) is 0 Å². The van der Waals surface area contributed by atoms with Crippen molar-refractivity contribution in [2.24, 2.45) is 5.73 Å². The van der Waals surface area contributed by atoms with Gasteiger partial charge in [-0.2, -0.15) is 5.26 Å². The van der Waals surface area contributed by atoms with Crippen molar-refractivity contribution in [1.82, 2.24) is 10.2 Å². The average molecular weight is 528 g/mol. The van der Waals surface area contributed by atoms with E-state index in [0.29, 0.717) is 63.7 Å². The van der Waals surface area contributed by atoms with E-state index in [4.69, 9.17) is 19.9 Å². The molecular weight excluding hydrogens is 502 g/mol. The van der Waals surface area contributed by atoms with Crippen molar-refractivity contribution in [1.29, 1.82) is 5.26 Å². The van der Waals surface area contributed by atoms with Crippen LogP contribution in [0.15, 0.2) is 45.2 Å². The summed E-state index contributed by atoms with van der Waals surface area (Å²) in [5.74, 6) is 0.297. The molecular formula is C24H25N5O5S2. The third kappa shape index (κ3) is 4.76. The summed E-state index contributed by atoms with van der Waals surface area (Å²) < 4.78 is 16.4. The van der Waals surface area contributed by atoms with Crippen molar-refractivity contribution in [3.63, 3.8) is 0 Å². The van der Waals surface area contributed by atoms with Crippen LogP contribution in [0.1, 0.15) is 37.7 Å². The van der Waals surface area contributed by atoms with E-state index in [-0.39, 0.29) is 28.9 Å². The number of thioether (sulfide) groups is 1. The van der Waals surface area contributed by atoms with Crippen LogP contribution in [0.4, 0.5) is 5.13 Å². The first kappa shape index (κ1) is 25.5. The van der Waals surface area contributed by atoms with Crippen molar-refractivity contribution < 1.29 is 23.8 Å². The number of rotatable bonds is 8. The van der Waals surface area contributed by atoms with Gasteiger partial charge in [-0.15, -0.1) is 10.2 Å². The molecule has 0 spiro atoms. The lowest BCUT2D eigenvalue weighted by molar-refractivity contribution is -0.139. The van der Waals surface area contributed by atoms with Gasteiger partial charge in [0.1, 0.15) is 17.3 Å². The Kier molecular flexibility index (Phi) is 7.81. The standard InChI is InChI=1S/C24H25N5O5S2/c1-4-34-19(31)12-35-24-28-27-23(36-24)29-16-6-5-7-17(30)21(16)20(15(11-25)22(29)26)14-9-8-13(32-2)10-18(14)33-3/h8-10,20H,4-7,12,26H2,1-3H3. The molecule has 188 valence electrons. The molecule has 0 amide bonds. The highest BCUT2D eigenvalue weighted by Gasteiger charge is 2.42. The lowest BCUT2D eigenvalue weighted by Gasteiger charge is -2.38. The molecule has 0 bridgehead atoms. The molecule has 0 saturated carbocycles. The molecule has 1 aliphatic heterocycles. The first-order valence-electron chi connectivity index (χ1n) is 11.2. The quantitative estimate of drug-likeness (QED) is 0.398. The number of hydrogen-bond acceptors (Lipinski definition) is 12. The van der Waals surface area contributed by atoms with Gasteiger partial charge >= 0.3 is 5.97 Å². The molecule has 4 rings (SSSR count). The molecule has 2 N–H and O–H groups in total. The van der Waals surface area contributed by atoms with E-state index in [9.17, 15) is 14.9 Å². The number of nitriles is 1. The second kappa shape index (κ2) is 11.0. The van der Waals surface area contributed by atoms with Crippen LogP contribution in [0.3, 0.4) is 0 Å². The molecule has 1 aromatic heterocycles. The van der Waals surface area contributed by atoms with Crippen LogP contribution in [0.5, 0.6) is 11.5 Å². The average Bonchev–Trinajstić information content (AvgIpc) is 3.35. The van der Waals surface area contributed by atoms with E-state index >= 15 is 0 Å². The highest BCUT2D eigenvalue weighted by Crippen LogP contribution is 2.49. The van der Waals surface area contributed by atoms with Crippen molar-refractivity contribution in [3.05, 3.63) is 46.4 Å². The van der Waals surface area contributed by atoms with E-state index < -0.39 is 5.92 Å². The molecule has 36 heavy (non-hydrogen) atoms. The number of aromatic nitrogens is 2.